The SMILES string of the molecule is CSc1nnnn1Cc1c(S(C)(=O)=O)ccc(C(=O)O)c1Cl. The summed E-state index contributed by atoms with van der Waals surface area (Å²) in [5, 5.41) is 20.5. The van der Waals surface area contributed by atoms with Crippen LogP contribution in [0, 0.1) is 0 Å². The number of rotatable bonds is 5. The molecule has 8 nitrogen and oxygen atoms in total. The molecule has 0 amide bonds. The molecule has 0 saturated carbocycles. The molecule has 22 heavy (non-hydrogen) atoms. The smallest absolute Gasteiger partial charge is 0.337 e. The largest absolute Gasteiger partial charge is 0.478 e. The van der Waals surface area contributed by atoms with Gasteiger partial charge in [-0.2, -0.15) is 0 Å². The van der Waals surface area contributed by atoms with Crippen molar-refractivity contribution in [2.24, 2.45) is 0 Å². The van der Waals surface area contributed by atoms with Gasteiger partial charge < -0.3 is 5.11 Å². The summed E-state index contributed by atoms with van der Waals surface area (Å²) in [6.07, 6.45) is 2.78. The van der Waals surface area contributed by atoms with Crippen LogP contribution in [0.25, 0.3) is 0 Å². The predicted molar refractivity (Wildman–Crippen MR) is 80.2 cm³/mol. The summed E-state index contributed by atoms with van der Waals surface area (Å²) in [5.41, 5.74) is -0.0329. The van der Waals surface area contributed by atoms with Crippen molar-refractivity contribution in [2.75, 3.05) is 12.5 Å². The Morgan fingerprint density at radius 1 is 1.45 bits per heavy atom. The van der Waals surface area contributed by atoms with Gasteiger partial charge in [0.15, 0.2) is 9.84 Å². The van der Waals surface area contributed by atoms with Crippen molar-refractivity contribution in [3.63, 3.8) is 0 Å². The van der Waals surface area contributed by atoms with Crippen LogP contribution in [0.3, 0.4) is 0 Å². The minimum atomic E-state index is -3.59. The number of carboxylic acid groups (broad SMARTS) is 1. The first kappa shape index (κ1) is 16.7. The molecule has 11 heteroatoms. The van der Waals surface area contributed by atoms with Crippen molar-refractivity contribution in [3.8, 4) is 0 Å². The maximum absolute atomic E-state index is 11.9. The fraction of sp³-hybridized carbons (Fsp3) is 0.273. The topological polar surface area (TPSA) is 115 Å². The van der Waals surface area contributed by atoms with E-state index in [1.165, 1.54) is 28.6 Å². The lowest BCUT2D eigenvalue weighted by Gasteiger charge is -2.12. The van der Waals surface area contributed by atoms with Crippen LogP contribution < -0.4 is 0 Å². The van der Waals surface area contributed by atoms with E-state index in [-0.39, 0.29) is 27.6 Å². The summed E-state index contributed by atoms with van der Waals surface area (Å²) in [7, 11) is -3.59. The van der Waals surface area contributed by atoms with Crippen molar-refractivity contribution in [1.82, 2.24) is 20.2 Å². The van der Waals surface area contributed by atoms with Gasteiger partial charge in [-0.3, -0.25) is 0 Å². The van der Waals surface area contributed by atoms with Crippen LogP contribution in [0.4, 0.5) is 0 Å². The molecule has 0 fully saturated rings. The highest BCUT2D eigenvalue weighted by atomic mass is 35.5. The third kappa shape index (κ3) is 3.23. The monoisotopic (exact) mass is 362 g/mol. The molecule has 0 radical (unpaired) electrons. The average molecular weight is 363 g/mol. The van der Waals surface area contributed by atoms with Crippen LogP contribution in [0.5, 0.6) is 0 Å². The number of thioether (sulfide) groups is 1. The molecule has 1 aromatic heterocycles. The summed E-state index contributed by atoms with van der Waals surface area (Å²) >= 11 is 7.36. The highest BCUT2D eigenvalue weighted by Gasteiger charge is 2.22. The van der Waals surface area contributed by atoms with E-state index in [1.807, 2.05) is 0 Å². The van der Waals surface area contributed by atoms with Gasteiger partial charge in [-0.05, 0) is 28.8 Å². The van der Waals surface area contributed by atoms with Gasteiger partial charge in [-0.15, -0.1) is 5.10 Å². The van der Waals surface area contributed by atoms with Crippen LogP contribution in [0.1, 0.15) is 15.9 Å². The summed E-state index contributed by atoms with van der Waals surface area (Å²) in [6, 6.07) is 2.39. The molecule has 1 heterocycles. The fourth-order valence-electron chi connectivity index (χ4n) is 1.86. The molecule has 2 rings (SSSR count). The van der Waals surface area contributed by atoms with Crippen LogP contribution >= 0.6 is 23.4 Å². The molecule has 118 valence electrons. The van der Waals surface area contributed by atoms with Crippen molar-refractivity contribution in [1.29, 1.82) is 0 Å². The number of carboxylic acids is 1. The molecule has 2 aromatic rings. The minimum absolute atomic E-state index is 0.0501. The zero-order valence-electron chi connectivity index (χ0n) is 11.5. The standard InChI is InChI=1S/C11H11ClN4O4S2/c1-21-11-13-14-15-16(11)5-7-8(22(2,19)20)4-3-6(9(7)12)10(17)18/h3-4H,5H2,1-2H3,(H,17,18). The molecule has 0 aliphatic heterocycles. The molecule has 0 aliphatic carbocycles. The lowest BCUT2D eigenvalue weighted by molar-refractivity contribution is 0.0697. The summed E-state index contributed by atoms with van der Waals surface area (Å²) in [6.45, 7) is -0.0501. The number of nitrogens with zero attached hydrogens (tertiary/aromatic N) is 4. The van der Waals surface area contributed by atoms with E-state index in [0.29, 0.717) is 5.16 Å². The fourth-order valence-corrected chi connectivity index (χ4v) is 3.58. The van der Waals surface area contributed by atoms with Crippen LogP contribution in [0.15, 0.2) is 22.2 Å². The van der Waals surface area contributed by atoms with E-state index in [2.05, 4.69) is 15.5 Å². The first-order valence-corrected chi connectivity index (χ1v) is 9.30. The molecule has 0 atom stereocenters. The van der Waals surface area contributed by atoms with Gasteiger partial charge in [0.25, 0.3) is 0 Å². The molecule has 0 spiro atoms. The van der Waals surface area contributed by atoms with Crippen molar-refractivity contribution >= 4 is 39.2 Å². The third-order valence-corrected chi connectivity index (χ3v) is 5.09. The zero-order valence-corrected chi connectivity index (χ0v) is 13.9. The maximum atomic E-state index is 11.9. The van der Waals surface area contributed by atoms with Gasteiger partial charge in [0.2, 0.25) is 5.16 Å². The number of halogens is 1. The molecule has 0 bridgehead atoms. The van der Waals surface area contributed by atoms with Gasteiger partial charge in [0.1, 0.15) is 0 Å². The zero-order chi connectivity index (χ0) is 16.5. The quantitative estimate of drug-likeness (QED) is 0.789. The van der Waals surface area contributed by atoms with E-state index in [0.717, 1.165) is 6.26 Å². The second kappa shape index (κ2) is 6.23. The average Bonchev–Trinajstić information content (AvgIpc) is 2.86. The molecular weight excluding hydrogens is 352 g/mol. The number of aromatic nitrogens is 4. The predicted octanol–water partition coefficient (Wildman–Crippen LogP) is 1.20. The van der Waals surface area contributed by atoms with Crippen LogP contribution in [0.2, 0.25) is 5.02 Å². The van der Waals surface area contributed by atoms with E-state index >= 15 is 0 Å². The number of aromatic carboxylic acids is 1. The lowest BCUT2D eigenvalue weighted by Crippen LogP contribution is -2.12. The third-order valence-electron chi connectivity index (χ3n) is 2.82. The summed E-state index contributed by atoms with van der Waals surface area (Å²) in [5.74, 6) is -1.24. The Bertz CT molecular complexity index is 835. The van der Waals surface area contributed by atoms with Gasteiger partial charge in [-0.25, -0.2) is 17.9 Å². The first-order valence-electron chi connectivity index (χ1n) is 5.80. The summed E-state index contributed by atoms with van der Waals surface area (Å²) < 4.78 is 25.1. The maximum Gasteiger partial charge on any atom is 0.337 e. The second-order valence-electron chi connectivity index (χ2n) is 4.30. The van der Waals surface area contributed by atoms with Crippen LogP contribution in [-0.2, 0) is 16.4 Å². The Balaban J connectivity index is 2.65. The Labute approximate surface area is 135 Å². The van der Waals surface area contributed by atoms with Gasteiger partial charge in [0.05, 0.1) is 22.0 Å². The van der Waals surface area contributed by atoms with Gasteiger partial charge in [-0.1, -0.05) is 23.4 Å². The van der Waals surface area contributed by atoms with E-state index in [9.17, 15) is 13.2 Å². The first-order chi connectivity index (χ1) is 10.3. The van der Waals surface area contributed by atoms with Crippen molar-refractivity contribution in [3.05, 3.63) is 28.3 Å². The molecule has 1 aromatic carbocycles. The lowest BCUT2D eigenvalue weighted by atomic mass is 10.1. The Morgan fingerprint density at radius 2 is 2.14 bits per heavy atom. The summed E-state index contributed by atoms with van der Waals surface area (Å²) in [4.78, 5) is 11.1. The molecule has 0 unspecified atom stereocenters. The Hall–Kier alpha value is -1.65. The second-order valence-corrected chi connectivity index (χ2v) is 7.44. The molecule has 0 aliphatic rings. The Morgan fingerprint density at radius 3 is 2.68 bits per heavy atom. The van der Waals surface area contributed by atoms with Crippen LogP contribution in [-0.4, -0.2) is 52.2 Å². The highest BCUT2D eigenvalue weighted by molar-refractivity contribution is 7.98. The Kier molecular flexibility index (Phi) is 4.73. The number of carbonyl (C=O) groups is 1. The van der Waals surface area contributed by atoms with E-state index in [1.54, 1.807) is 6.26 Å². The van der Waals surface area contributed by atoms with E-state index in [4.69, 9.17) is 16.7 Å². The van der Waals surface area contributed by atoms with E-state index < -0.39 is 15.8 Å². The highest BCUT2D eigenvalue weighted by Crippen LogP contribution is 2.29. The normalized spacial score (nSPS) is 11.6. The number of tetrazole rings is 1. The number of sulfone groups is 1. The molecule has 1 N–H and O–H groups in total. The minimum Gasteiger partial charge on any atom is -0.478 e. The number of hydrogen-bond acceptors (Lipinski definition) is 7. The van der Waals surface area contributed by atoms with Crippen molar-refractivity contribution < 1.29 is 18.3 Å². The van der Waals surface area contributed by atoms with Crippen molar-refractivity contribution in [2.45, 2.75) is 16.6 Å². The molecule has 0 saturated heterocycles. The molecular formula is C11H11ClN4O4S2. The number of benzene rings is 1. The number of hydrogen-bond donors (Lipinski definition) is 1. The van der Waals surface area contributed by atoms with Gasteiger partial charge >= 0.3 is 5.97 Å². The van der Waals surface area contributed by atoms with Gasteiger partial charge in [0, 0.05) is 11.8 Å².